The van der Waals surface area contributed by atoms with Crippen molar-refractivity contribution < 1.29 is 0 Å². The van der Waals surface area contributed by atoms with Gasteiger partial charge in [-0.05, 0) is 51.0 Å². The SMILES string of the molecule is CC(CCc1ccccc1)N[C@H](C)C1CCCC1. The van der Waals surface area contributed by atoms with Gasteiger partial charge in [-0.15, -0.1) is 0 Å². The van der Waals surface area contributed by atoms with Crippen molar-refractivity contribution in [3.8, 4) is 0 Å². The lowest BCUT2D eigenvalue weighted by molar-refractivity contribution is 0.341. The van der Waals surface area contributed by atoms with Gasteiger partial charge in [-0.25, -0.2) is 0 Å². The first-order valence-corrected chi connectivity index (χ1v) is 7.55. The second-order valence-corrected chi connectivity index (χ2v) is 5.93. The van der Waals surface area contributed by atoms with Crippen molar-refractivity contribution >= 4 is 0 Å². The van der Waals surface area contributed by atoms with Crippen LogP contribution in [0.1, 0.15) is 51.5 Å². The summed E-state index contributed by atoms with van der Waals surface area (Å²) in [6, 6.07) is 12.1. The molecule has 0 bridgehead atoms. The van der Waals surface area contributed by atoms with Gasteiger partial charge in [0.25, 0.3) is 0 Å². The molecule has 2 rings (SSSR count). The van der Waals surface area contributed by atoms with Crippen molar-refractivity contribution in [1.29, 1.82) is 0 Å². The maximum atomic E-state index is 3.79. The van der Waals surface area contributed by atoms with Gasteiger partial charge >= 0.3 is 0 Å². The Morgan fingerprint density at radius 3 is 2.44 bits per heavy atom. The zero-order valence-electron chi connectivity index (χ0n) is 11.9. The van der Waals surface area contributed by atoms with Crippen molar-refractivity contribution in [1.82, 2.24) is 5.32 Å². The van der Waals surface area contributed by atoms with E-state index in [0.717, 1.165) is 5.92 Å². The molecule has 1 aromatic carbocycles. The lowest BCUT2D eigenvalue weighted by Gasteiger charge is -2.25. The molecule has 0 saturated heterocycles. The highest BCUT2D eigenvalue weighted by atomic mass is 14.9. The highest BCUT2D eigenvalue weighted by molar-refractivity contribution is 5.14. The van der Waals surface area contributed by atoms with Gasteiger partial charge in [-0.3, -0.25) is 0 Å². The van der Waals surface area contributed by atoms with Gasteiger partial charge in [-0.1, -0.05) is 43.2 Å². The first-order chi connectivity index (χ1) is 8.75. The summed E-state index contributed by atoms with van der Waals surface area (Å²) in [4.78, 5) is 0. The predicted octanol–water partition coefficient (Wildman–Crippen LogP) is 4.18. The number of benzene rings is 1. The van der Waals surface area contributed by atoms with E-state index in [1.54, 1.807) is 0 Å². The van der Waals surface area contributed by atoms with E-state index in [4.69, 9.17) is 0 Å². The molecule has 1 saturated carbocycles. The summed E-state index contributed by atoms with van der Waals surface area (Å²) in [6.45, 7) is 4.70. The quantitative estimate of drug-likeness (QED) is 0.793. The lowest BCUT2D eigenvalue weighted by Crippen LogP contribution is -2.38. The molecule has 1 aliphatic carbocycles. The van der Waals surface area contributed by atoms with Crippen LogP contribution in [0.3, 0.4) is 0 Å². The van der Waals surface area contributed by atoms with E-state index in [0.29, 0.717) is 12.1 Å². The van der Waals surface area contributed by atoms with Crippen molar-refractivity contribution in [2.75, 3.05) is 0 Å². The average Bonchev–Trinajstić information content (AvgIpc) is 2.91. The molecule has 0 amide bonds. The molecule has 2 atom stereocenters. The molecule has 0 radical (unpaired) electrons. The third-order valence-corrected chi connectivity index (χ3v) is 4.36. The Bertz CT molecular complexity index is 327. The van der Waals surface area contributed by atoms with Gasteiger partial charge in [0.05, 0.1) is 0 Å². The molecule has 1 aromatic rings. The number of hydrogen-bond donors (Lipinski definition) is 1. The standard InChI is InChI=1S/C17H27N/c1-14(12-13-16-8-4-3-5-9-16)18-15(2)17-10-6-7-11-17/h3-5,8-9,14-15,17-18H,6-7,10-13H2,1-2H3/t14?,15-/m1/s1. The number of nitrogens with one attached hydrogen (secondary N) is 1. The van der Waals surface area contributed by atoms with Crippen LogP contribution in [0.15, 0.2) is 30.3 Å². The largest absolute Gasteiger partial charge is 0.311 e. The van der Waals surface area contributed by atoms with E-state index in [-0.39, 0.29) is 0 Å². The Balaban J connectivity index is 1.70. The monoisotopic (exact) mass is 245 g/mol. The van der Waals surface area contributed by atoms with Gasteiger partial charge < -0.3 is 5.32 Å². The Morgan fingerprint density at radius 1 is 1.11 bits per heavy atom. The zero-order valence-corrected chi connectivity index (χ0v) is 11.9. The summed E-state index contributed by atoms with van der Waals surface area (Å²) in [5, 5.41) is 3.79. The van der Waals surface area contributed by atoms with E-state index in [1.165, 1.54) is 44.1 Å². The summed E-state index contributed by atoms with van der Waals surface area (Å²) in [6.07, 6.45) is 8.16. The van der Waals surface area contributed by atoms with Gasteiger partial charge in [-0.2, -0.15) is 0 Å². The fourth-order valence-corrected chi connectivity index (χ4v) is 3.15. The fraction of sp³-hybridized carbons (Fsp3) is 0.647. The van der Waals surface area contributed by atoms with Crippen LogP contribution in [0, 0.1) is 5.92 Å². The molecule has 1 aliphatic rings. The Kier molecular flexibility index (Phi) is 5.25. The van der Waals surface area contributed by atoms with E-state index in [1.807, 2.05) is 0 Å². The first-order valence-electron chi connectivity index (χ1n) is 7.55. The molecule has 0 spiro atoms. The van der Waals surface area contributed by atoms with Crippen LogP contribution in [-0.2, 0) is 6.42 Å². The van der Waals surface area contributed by atoms with Crippen LogP contribution in [-0.4, -0.2) is 12.1 Å². The second kappa shape index (κ2) is 6.94. The number of aryl methyl sites for hydroxylation is 1. The minimum atomic E-state index is 0.626. The number of hydrogen-bond acceptors (Lipinski definition) is 1. The van der Waals surface area contributed by atoms with Crippen LogP contribution in [0.2, 0.25) is 0 Å². The van der Waals surface area contributed by atoms with Gasteiger partial charge in [0.2, 0.25) is 0 Å². The summed E-state index contributed by atoms with van der Waals surface area (Å²) in [7, 11) is 0. The average molecular weight is 245 g/mol. The highest BCUT2D eigenvalue weighted by Gasteiger charge is 2.22. The Hall–Kier alpha value is -0.820. The maximum Gasteiger partial charge on any atom is 0.00694 e. The van der Waals surface area contributed by atoms with Crippen molar-refractivity contribution in [3.63, 3.8) is 0 Å². The molecule has 1 N–H and O–H groups in total. The molecule has 0 heterocycles. The first kappa shape index (κ1) is 13.6. The molecule has 1 nitrogen and oxygen atoms in total. The molecule has 100 valence electrons. The normalized spacial score (nSPS) is 19.9. The Labute approximate surface area is 112 Å². The third-order valence-electron chi connectivity index (χ3n) is 4.36. The molecule has 0 aromatic heterocycles. The van der Waals surface area contributed by atoms with Crippen molar-refractivity contribution in [2.24, 2.45) is 5.92 Å². The van der Waals surface area contributed by atoms with Gasteiger partial charge in [0.1, 0.15) is 0 Å². The topological polar surface area (TPSA) is 12.0 Å². The molecule has 1 fully saturated rings. The summed E-state index contributed by atoms with van der Waals surface area (Å²) in [5.74, 6) is 0.921. The lowest BCUT2D eigenvalue weighted by atomic mass is 9.98. The van der Waals surface area contributed by atoms with Crippen molar-refractivity contribution in [2.45, 2.75) is 64.5 Å². The van der Waals surface area contributed by atoms with Crippen LogP contribution >= 0.6 is 0 Å². The maximum absolute atomic E-state index is 3.79. The third kappa shape index (κ3) is 4.13. The van der Waals surface area contributed by atoms with E-state index in [9.17, 15) is 0 Å². The molecule has 0 aliphatic heterocycles. The molecular weight excluding hydrogens is 218 g/mol. The summed E-state index contributed by atoms with van der Waals surface area (Å²) in [5.41, 5.74) is 1.46. The summed E-state index contributed by atoms with van der Waals surface area (Å²) >= 11 is 0. The summed E-state index contributed by atoms with van der Waals surface area (Å²) < 4.78 is 0. The van der Waals surface area contributed by atoms with Crippen LogP contribution in [0.4, 0.5) is 0 Å². The molecule has 1 heteroatoms. The van der Waals surface area contributed by atoms with Crippen LogP contribution in [0.25, 0.3) is 0 Å². The van der Waals surface area contributed by atoms with E-state index in [2.05, 4.69) is 49.5 Å². The minimum absolute atomic E-state index is 0.626. The zero-order chi connectivity index (χ0) is 12.8. The Morgan fingerprint density at radius 2 is 1.78 bits per heavy atom. The van der Waals surface area contributed by atoms with Gasteiger partial charge in [0, 0.05) is 12.1 Å². The molecular formula is C17H27N. The van der Waals surface area contributed by atoms with E-state index < -0.39 is 0 Å². The van der Waals surface area contributed by atoms with E-state index >= 15 is 0 Å². The van der Waals surface area contributed by atoms with Crippen LogP contribution in [0.5, 0.6) is 0 Å². The molecule has 1 unspecified atom stereocenters. The minimum Gasteiger partial charge on any atom is -0.311 e. The van der Waals surface area contributed by atoms with Crippen molar-refractivity contribution in [3.05, 3.63) is 35.9 Å². The highest BCUT2D eigenvalue weighted by Crippen LogP contribution is 2.27. The van der Waals surface area contributed by atoms with Crippen LogP contribution < -0.4 is 5.32 Å². The number of rotatable bonds is 6. The fourth-order valence-electron chi connectivity index (χ4n) is 3.15. The smallest absolute Gasteiger partial charge is 0.00694 e. The van der Waals surface area contributed by atoms with Gasteiger partial charge in [0.15, 0.2) is 0 Å². The predicted molar refractivity (Wildman–Crippen MR) is 78.8 cm³/mol. The molecule has 18 heavy (non-hydrogen) atoms. The second-order valence-electron chi connectivity index (χ2n) is 5.93.